The van der Waals surface area contributed by atoms with Crippen LogP contribution in [0.1, 0.15) is 79.7 Å². The molecule has 1 aliphatic carbocycles. The van der Waals surface area contributed by atoms with Crippen molar-refractivity contribution in [2.24, 2.45) is 5.92 Å². The third kappa shape index (κ3) is 5.45. The average Bonchev–Trinajstić information content (AvgIpc) is 3.54. The summed E-state index contributed by atoms with van der Waals surface area (Å²) in [5, 5.41) is 30.8. The van der Waals surface area contributed by atoms with Gasteiger partial charge in [-0.15, -0.1) is 0 Å². The molecule has 1 saturated carbocycles. The zero-order valence-corrected chi connectivity index (χ0v) is 21.5. The quantitative estimate of drug-likeness (QED) is 0.279. The van der Waals surface area contributed by atoms with Gasteiger partial charge in [0.15, 0.2) is 0 Å². The van der Waals surface area contributed by atoms with Crippen LogP contribution in [-0.2, 0) is 4.74 Å². The highest BCUT2D eigenvalue weighted by molar-refractivity contribution is 5.83. The number of aliphatic hydroxyl groups excluding tert-OH is 1. The molecule has 0 bridgehead atoms. The maximum Gasteiger partial charge on any atom is 0.139 e. The number of hydrogen-bond donors (Lipinski definition) is 3. The van der Waals surface area contributed by atoms with Crippen molar-refractivity contribution in [2.45, 2.75) is 57.4 Å². The number of rotatable bonds is 9. The van der Waals surface area contributed by atoms with Gasteiger partial charge in [0.05, 0.1) is 0 Å². The maximum atomic E-state index is 10.9. The molecule has 0 radical (unpaired) electrons. The van der Waals surface area contributed by atoms with Crippen molar-refractivity contribution in [3.05, 3.63) is 101 Å². The summed E-state index contributed by atoms with van der Waals surface area (Å²) < 4.78 is 5.77. The Morgan fingerprint density at radius 2 is 1.38 bits per heavy atom. The van der Waals surface area contributed by atoms with Crippen molar-refractivity contribution >= 4 is 5.57 Å². The van der Waals surface area contributed by atoms with Crippen molar-refractivity contribution in [2.75, 3.05) is 13.7 Å². The molecule has 3 N–H and O–H groups in total. The summed E-state index contributed by atoms with van der Waals surface area (Å²) in [6.07, 6.45) is 6.94. The minimum absolute atomic E-state index is 0.222. The van der Waals surface area contributed by atoms with Crippen LogP contribution < -0.4 is 0 Å². The molecule has 194 valence electrons. The van der Waals surface area contributed by atoms with E-state index in [-0.39, 0.29) is 17.7 Å². The first kappa shape index (κ1) is 25.5. The van der Waals surface area contributed by atoms with Gasteiger partial charge in [0, 0.05) is 24.8 Å². The fourth-order valence-electron chi connectivity index (χ4n) is 6.17. The summed E-state index contributed by atoms with van der Waals surface area (Å²) in [4.78, 5) is 2.05. The molecule has 5 nitrogen and oxygen atoms in total. The van der Waals surface area contributed by atoms with Gasteiger partial charge in [-0.25, -0.2) is 4.90 Å². The zero-order chi connectivity index (χ0) is 25.8. The molecule has 3 aromatic carbocycles. The Morgan fingerprint density at radius 1 is 0.811 bits per heavy atom. The van der Waals surface area contributed by atoms with Crippen LogP contribution in [0.4, 0.5) is 0 Å². The van der Waals surface area contributed by atoms with E-state index in [0.717, 1.165) is 48.1 Å². The second-order valence-corrected chi connectivity index (χ2v) is 10.3. The van der Waals surface area contributed by atoms with Gasteiger partial charge in [0.25, 0.3) is 0 Å². The van der Waals surface area contributed by atoms with Crippen LogP contribution in [0.15, 0.2) is 78.4 Å². The Morgan fingerprint density at radius 3 is 1.95 bits per heavy atom. The number of hydrogen-bond acceptors (Lipinski definition) is 5. The van der Waals surface area contributed by atoms with Gasteiger partial charge in [0.2, 0.25) is 0 Å². The normalized spacial score (nSPS) is 19.7. The van der Waals surface area contributed by atoms with Gasteiger partial charge in [-0.2, -0.15) is 0 Å². The predicted molar refractivity (Wildman–Crippen MR) is 146 cm³/mol. The van der Waals surface area contributed by atoms with E-state index < -0.39 is 6.23 Å². The lowest BCUT2D eigenvalue weighted by Gasteiger charge is -2.27. The van der Waals surface area contributed by atoms with E-state index in [9.17, 15) is 15.3 Å². The van der Waals surface area contributed by atoms with Crippen LogP contribution in [0.2, 0.25) is 0 Å². The number of methoxy groups -OCH3 is 1. The van der Waals surface area contributed by atoms with Gasteiger partial charge in [-0.05, 0) is 79.0 Å². The van der Waals surface area contributed by atoms with E-state index in [1.165, 1.54) is 36.8 Å². The number of phenols is 2. The number of unbranched alkanes of at least 4 members (excludes halogenated alkanes) is 1. The Bertz CT molecular complexity index is 1160. The van der Waals surface area contributed by atoms with Crippen LogP contribution in [-0.4, -0.2) is 33.9 Å². The molecule has 5 heteroatoms. The number of benzene rings is 3. The van der Waals surface area contributed by atoms with Crippen molar-refractivity contribution in [3.63, 3.8) is 0 Å². The van der Waals surface area contributed by atoms with E-state index in [4.69, 9.17) is 4.74 Å². The van der Waals surface area contributed by atoms with Gasteiger partial charge in [0.1, 0.15) is 24.0 Å². The molecule has 1 heterocycles. The smallest absolute Gasteiger partial charge is 0.139 e. The molecule has 0 saturated heterocycles. The third-order valence-electron chi connectivity index (χ3n) is 7.97. The lowest BCUT2D eigenvalue weighted by atomic mass is 9.83. The van der Waals surface area contributed by atoms with E-state index in [1.807, 2.05) is 53.4 Å². The Balaban J connectivity index is 1.39. The topological polar surface area (TPSA) is 73.2 Å². The molecule has 0 spiro atoms. The molecular formula is C32H37NO4. The fourth-order valence-corrected chi connectivity index (χ4v) is 6.17. The summed E-state index contributed by atoms with van der Waals surface area (Å²) in [6.45, 7) is 0.750. The molecule has 0 amide bonds. The highest BCUT2D eigenvalue weighted by Crippen LogP contribution is 2.43. The Hall–Kier alpha value is -3.12. The second-order valence-electron chi connectivity index (χ2n) is 10.3. The van der Waals surface area contributed by atoms with Crippen LogP contribution in [0.5, 0.6) is 11.5 Å². The van der Waals surface area contributed by atoms with Crippen molar-refractivity contribution in [1.82, 2.24) is 4.90 Å². The molecule has 3 aromatic rings. The van der Waals surface area contributed by atoms with Crippen LogP contribution >= 0.6 is 0 Å². The first-order valence-corrected chi connectivity index (χ1v) is 13.4. The number of nitrogens with zero attached hydrogens (tertiary/aromatic N) is 1. The number of aliphatic hydroxyl groups is 1. The summed E-state index contributed by atoms with van der Waals surface area (Å²) in [5.41, 5.74) is 6.84. The van der Waals surface area contributed by atoms with Gasteiger partial charge >= 0.3 is 0 Å². The van der Waals surface area contributed by atoms with E-state index >= 15 is 0 Å². The molecule has 0 aromatic heterocycles. The Kier molecular flexibility index (Phi) is 7.94. The molecule has 1 fully saturated rings. The number of phenolic OH excluding ortho intramolecular Hbond substituents is 2. The average molecular weight is 500 g/mol. The molecular weight excluding hydrogens is 462 g/mol. The molecule has 2 aliphatic rings. The Labute approximate surface area is 219 Å². The highest BCUT2D eigenvalue weighted by atomic mass is 16.5. The third-order valence-corrected chi connectivity index (χ3v) is 7.97. The van der Waals surface area contributed by atoms with Crippen LogP contribution in [0.25, 0.3) is 5.57 Å². The molecule has 37 heavy (non-hydrogen) atoms. The first-order chi connectivity index (χ1) is 18.1. The fraction of sp³-hybridized carbons (Fsp3) is 0.375. The zero-order valence-electron chi connectivity index (χ0n) is 21.5. The van der Waals surface area contributed by atoms with E-state index in [1.54, 1.807) is 31.4 Å². The van der Waals surface area contributed by atoms with Gasteiger partial charge in [-0.1, -0.05) is 66.9 Å². The summed E-state index contributed by atoms with van der Waals surface area (Å²) in [6, 6.07) is 22.9. The van der Waals surface area contributed by atoms with Crippen LogP contribution in [0, 0.1) is 5.92 Å². The monoisotopic (exact) mass is 499 g/mol. The van der Waals surface area contributed by atoms with Gasteiger partial charge < -0.3 is 20.1 Å². The maximum absolute atomic E-state index is 10.9. The van der Waals surface area contributed by atoms with Crippen LogP contribution in [0.3, 0.4) is 0 Å². The minimum atomic E-state index is -0.643. The largest absolute Gasteiger partial charge is 0.508 e. The summed E-state index contributed by atoms with van der Waals surface area (Å²) in [7, 11) is 1.70. The molecule has 2 unspecified atom stereocenters. The first-order valence-electron chi connectivity index (χ1n) is 13.4. The SMILES string of the molecule is COC1c2ccccc2C(O)N1CCCCC(=C(c1ccc(O)cc1)c1ccc(O)cc1)C1CCCC1. The standard InChI is InChI=1S/C32H37NO4/c1-37-32-29-12-5-4-11-28(29)31(36)33(32)21-7-6-10-27(22-8-2-3-9-22)30(23-13-17-25(34)18-14-23)24-15-19-26(35)20-16-24/h4-5,11-20,22,31-32,34-36H,2-3,6-10,21H2,1H3. The number of allylic oxidation sites excluding steroid dienone is 1. The van der Waals surface area contributed by atoms with E-state index in [2.05, 4.69) is 0 Å². The summed E-state index contributed by atoms with van der Waals surface area (Å²) >= 11 is 0. The second kappa shape index (κ2) is 11.5. The predicted octanol–water partition coefficient (Wildman–Crippen LogP) is 6.91. The lowest BCUT2D eigenvalue weighted by Crippen LogP contribution is -2.28. The highest BCUT2D eigenvalue weighted by Gasteiger charge is 2.36. The number of ether oxygens (including phenoxy) is 1. The number of fused-ring (bicyclic) bond motifs is 1. The van der Waals surface area contributed by atoms with E-state index in [0.29, 0.717) is 5.92 Å². The van der Waals surface area contributed by atoms with Crippen molar-refractivity contribution < 1.29 is 20.1 Å². The molecule has 1 aliphatic heterocycles. The van der Waals surface area contributed by atoms with Crippen molar-refractivity contribution in [3.8, 4) is 11.5 Å². The number of aromatic hydroxyl groups is 2. The molecule has 2 atom stereocenters. The van der Waals surface area contributed by atoms with Gasteiger partial charge in [-0.3, -0.25) is 0 Å². The summed E-state index contributed by atoms with van der Waals surface area (Å²) in [5.74, 6) is 1.05. The molecule has 5 rings (SSSR count). The minimum Gasteiger partial charge on any atom is -0.508 e. The lowest BCUT2D eigenvalue weighted by molar-refractivity contribution is -0.103. The van der Waals surface area contributed by atoms with Crippen molar-refractivity contribution in [1.29, 1.82) is 0 Å².